The molecule has 0 atom stereocenters. The maximum atomic E-state index is 13.9. The molecular weight excluding hydrogens is 293 g/mol. The second-order valence-electron chi connectivity index (χ2n) is 4.29. The van der Waals surface area contributed by atoms with Crippen molar-refractivity contribution in [2.75, 3.05) is 0 Å². The van der Waals surface area contributed by atoms with Crippen molar-refractivity contribution in [1.29, 1.82) is 5.26 Å². The number of rotatable bonds is 3. The highest BCUT2D eigenvalue weighted by atomic mass is 35.5. The lowest BCUT2D eigenvalue weighted by Gasteiger charge is -2.05. The molecule has 0 unspecified atom stereocenters. The van der Waals surface area contributed by atoms with Crippen molar-refractivity contribution in [3.63, 3.8) is 0 Å². The molecule has 4 nitrogen and oxygen atoms in total. The maximum absolute atomic E-state index is 13.9. The van der Waals surface area contributed by atoms with Gasteiger partial charge in [-0.25, -0.2) is 4.39 Å². The summed E-state index contributed by atoms with van der Waals surface area (Å²) in [6.07, 6.45) is 1.81. The van der Waals surface area contributed by atoms with Crippen molar-refractivity contribution < 1.29 is 9.13 Å². The van der Waals surface area contributed by atoms with Crippen molar-refractivity contribution in [2.45, 2.75) is 5.88 Å². The first-order valence-corrected chi connectivity index (χ1v) is 6.66. The highest BCUT2D eigenvalue weighted by molar-refractivity contribution is 6.17. The van der Waals surface area contributed by atoms with E-state index in [0.29, 0.717) is 11.3 Å². The maximum Gasteiger partial charge on any atom is 0.242 e. The van der Waals surface area contributed by atoms with E-state index in [1.54, 1.807) is 10.5 Å². The summed E-state index contributed by atoms with van der Waals surface area (Å²) >= 11 is 5.93. The number of pyridine rings is 1. The Bertz CT molecular complexity index is 854. The van der Waals surface area contributed by atoms with E-state index < -0.39 is 5.82 Å². The van der Waals surface area contributed by atoms with Gasteiger partial charge in [0.15, 0.2) is 11.6 Å². The average Bonchev–Trinajstić information content (AvgIpc) is 2.86. The van der Waals surface area contributed by atoms with Gasteiger partial charge in [-0.2, -0.15) is 10.2 Å². The van der Waals surface area contributed by atoms with Crippen LogP contribution in [0, 0.1) is 17.1 Å². The molecule has 3 rings (SSSR count). The first-order chi connectivity index (χ1) is 10.2. The van der Waals surface area contributed by atoms with Crippen LogP contribution in [-0.2, 0) is 5.88 Å². The summed E-state index contributed by atoms with van der Waals surface area (Å²) in [6, 6.07) is 11.3. The molecule has 0 bridgehead atoms. The molecule has 21 heavy (non-hydrogen) atoms. The lowest BCUT2D eigenvalue weighted by Crippen LogP contribution is -1.94. The summed E-state index contributed by atoms with van der Waals surface area (Å²) in [5.74, 6) is -0.187. The quantitative estimate of drug-likeness (QED) is 0.690. The molecule has 0 amide bonds. The Morgan fingerprint density at radius 1 is 1.33 bits per heavy atom. The van der Waals surface area contributed by atoms with Crippen LogP contribution in [0.15, 0.2) is 42.6 Å². The molecule has 104 valence electrons. The van der Waals surface area contributed by atoms with E-state index in [9.17, 15) is 4.39 Å². The van der Waals surface area contributed by atoms with Gasteiger partial charge in [0.25, 0.3) is 0 Å². The number of nitriles is 1. The number of halogens is 2. The summed E-state index contributed by atoms with van der Waals surface area (Å²) in [5, 5.41) is 8.73. The van der Waals surface area contributed by atoms with Crippen LogP contribution in [0.2, 0.25) is 0 Å². The zero-order chi connectivity index (χ0) is 14.8. The smallest absolute Gasteiger partial charge is 0.242 e. The standard InChI is InChI=1S/C15H9ClFN3O/c16-8-12-15(19-14-3-1-2-6-20(12)14)21-13-5-4-10(9-18)7-11(13)17/h1-7H,8H2. The van der Waals surface area contributed by atoms with Crippen LogP contribution in [0.25, 0.3) is 5.65 Å². The summed E-state index contributed by atoms with van der Waals surface area (Å²) in [6.45, 7) is 0. The number of fused-ring (bicyclic) bond motifs is 1. The Kier molecular flexibility index (Phi) is 3.46. The molecule has 0 radical (unpaired) electrons. The van der Waals surface area contributed by atoms with Gasteiger partial charge in [0.05, 0.1) is 17.5 Å². The minimum Gasteiger partial charge on any atom is -0.434 e. The summed E-state index contributed by atoms with van der Waals surface area (Å²) < 4.78 is 21.2. The van der Waals surface area contributed by atoms with E-state index in [1.807, 2.05) is 24.4 Å². The predicted molar refractivity (Wildman–Crippen MR) is 75.9 cm³/mol. The predicted octanol–water partition coefficient (Wildman–Crippen LogP) is 3.88. The molecule has 2 heterocycles. The normalized spacial score (nSPS) is 10.5. The number of aromatic nitrogens is 2. The summed E-state index contributed by atoms with van der Waals surface area (Å²) in [5.41, 5.74) is 1.53. The Morgan fingerprint density at radius 2 is 2.19 bits per heavy atom. The fourth-order valence-electron chi connectivity index (χ4n) is 1.99. The van der Waals surface area contributed by atoms with Gasteiger partial charge in [-0.1, -0.05) is 6.07 Å². The molecule has 6 heteroatoms. The second kappa shape index (κ2) is 5.43. The highest BCUT2D eigenvalue weighted by Crippen LogP contribution is 2.29. The van der Waals surface area contributed by atoms with Crippen molar-refractivity contribution in [2.24, 2.45) is 0 Å². The van der Waals surface area contributed by atoms with Gasteiger partial charge in [-0.3, -0.25) is 4.40 Å². The number of hydrogen-bond acceptors (Lipinski definition) is 3. The first kappa shape index (κ1) is 13.4. The Morgan fingerprint density at radius 3 is 2.90 bits per heavy atom. The minimum absolute atomic E-state index is 0.00349. The first-order valence-electron chi connectivity index (χ1n) is 6.12. The topological polar surface area (TPSA) is 50.3 Å². The molecule has 0 aliphatic carbocycles. The van der Waals surface area contributed by atoms with Crippen LogP contribution in [-0.4, -0.2) is 9.38 Å². The number of nitrogens with zero attached hydrogens (tertiary/aromatic N) is 3. The van der Waals surface area contributed by atoms with Crippen LogP contribution < -0.4 is 4.74 Å². The molecule has 1 aromatic carbocycles. The van der Waals surface area contributed by atoms with E-state index in [-0.39, 0.29) is 23.1 Å². The van der Waals surface area contributed by atoms with Gasteiger partial charge in [-0.15, -0.1) is 11.6 Å². The van der Waals surface area contributed by atoms with Crippen molar-refractivity contribution >= 4 is 17.2 Å². The fourth-order valence-corrected chi connectivity index (χ4v) is 2.23. The number of imidazole rings is 1. The number of ether oxygens (including phenoxy) is 1. The van der Waals surface area contributed by atoms with E-state index in [4.69, 9.17) is 21.6 Å². The van der Waals surface area contributed by atoms with Gasteiger partial charge in [-0.05, 0) is 30.3 Å². The van der Waals surface area contributed by atoms with Gasteiger partial charge in [0, 0.05) is 6.20 Å². The van der Waals surface area contributed by atoms with Crippen molar-refractivity contribution in [3.05, 3.63) is 59.7 Å². The lowest BCUT2D eigenvalue weighted by atomic mass is 10.2. The summed E-state index contributed by atoms with van der Waals surface area (Å²) in [7, 11) is 0. The third-order valence-electron chi connectivity index (χ3n) is 2.99. The van der Waals surface area contributed by atoms with Gasteiger partial charge in [0.1, 0.15) is 11.3 Å². The third kappa shape index (κ3) is 2.41. The van der Waals surface area contributed by atoms with Gasteiger partial charge >= 0.3 is 0 Å². The van der Waals surface area contributed by atoms with E-state index >= 15 is 0 Å². The largest absolute Gasteiger partial charge is 0.434 e. The lowest BCUT2D eigenvalue weighted by molar-refractivity contribution is 0.426. The monoisotopic (exact) mass is 301 g/mol. The number of hydrogen-bond donors (Lipinski definition) is 0. The van der Waals surface area contributed by atoms with E-state index in [0.717, 1.165) is 6.07 Å². The fraction of sp³-hybridized carbons (Fsp3) is 0.0667. The van der Waals surface area contributed by atoms with E-state index in [2.05, 4.69) is 4.98 Å². The molecule has 0 aliphatic heterocycles. The third-order valence-corrected chi connectivity index (χ3v) is 3.24. The highest BCUT2D eigenvalue weighted by Gasteiger charge is 2.15. The van der Waals surface area contributed by atoms with Crippen molar-refractivity contribution in [3.8, 4) is 17.7 Å². The molecule has 0 aliphatic rings. The SMILES string of the molecule is N#Cc1ccc(Oc2nc3ccccn3c2CCl)c(F)c1. The number of benzene rings is 1. The minimum atomic E-state index is -0.619. The van der Waals surface area contributed by atoms with Crippen LogP contribution >= 0.6 is 11.6 Å². The molecule has 0 spiro atoms. The zero-order valence-corrected chi connectivity index (χ0v) is 11.5. The Balaban J connectivity index is 2.04. The van der Waals surface area contributed by atoms with Crippen LogP contribution in [0.4, 0.5) is 4.39 Å². The van der Waals surface area contributed by atoms with Crippen molar-refractivity contribution in [1.82, 2.24) is 9.38 Å². The van der Waals surface area contributed by atoms with Gasteiger partial charge < -0.3 is 4.74 Å². The average molecular weight is 302 g/mol. The van der Waals surface area contributed by atoms with Crippen LogP contribution in [0.5, 0.6) is 11.6 Å². The molecule has 0 fully saturated rings. The summed E-state index contributed by atoms with van der Waals surface area (Å²) in [4.78, 5) is 4.29. The van der Waals surface area contributed by atoms with E-state index in [1.165, 1.54) is 12.1 Å². The van der Waals surface area contributed by atoms with Crippen LogP contribution in [0.1, 0.15) is 11.3 Å². The molecule has 0 saturated heterocycles. The molecule has 3 aromatic rings. The zero-order valence-electron chi connectivity index (χ0n) is 10.8. The van der Waals surface area contributed by atoms with Gasteiger partial charge in [0.2, 0.25) is 5.88 Å². The Labute approximate surface area is 125 Å². The molecular formula is C15H9ClFN3O. The molecule has 0 saturated carbocycles. The molecule has 0 N–H and O–H groups in total. The van der Waals surface area contributed by atoms with Crippen LogP contribution in [0.3, 0.4) is 0 Å². The second-order valence-corrected chi connectivity index (χ2v) is 4.55. The molecule has 2 aromatic heterocycles. The Hall–Kier alpha value is -2.58. The number of alkyl halides is 1.